The highest BCUT2D eigenvalue weighted by molar-refractivity contribution is 7.89. The molecule has 0 heterocycles. The summed E-state index contributed by atoms with van der Waals surface area (Å²) in [6.07, 6.45) is 1.69. The van der Waals surface area contributed by atoms with Crippen molar-refractivity contribution in [2.24, 2.45) is 5.92 Å². The molecule has 0 amide bonds. The highest BCUT2D eigenvalue weighted by Crippen LogP contribution is 2.29. The fraction of sp³-hybridized carbons (Fsp3) is 0.600. The Labute approximate surface area is 126 Å². The Morgan fingerprint density at radius 2 is 2.00 bits per heavy atom. The zero-order valence-electron chi connectivity index (χ0n) is 12.7. The molecule has 1 fully saturated rings. The number of hydrogen-bond acceptors (Lipinski definition) is 3. The molecule has 1 aromatic carbocycles. The van der Waals surface area contributed by atoms with E-state index in [2.05, 4.69) is 17.0 Å². The standard InChI is InChI=1S/C15H23FN2O2S/c1-4-17-9-12-7-14(16)11(3)15(8-12)21(19,20)18-13-5-10(2)6-13/h7-8,10,13,17-18H,4-6,9H2,1-3H3. The van der Waals surface area contributed by atoms with Crippen LogP contribution in [0.1, 0.15) is 37.8 Å². The zero-order valence-corrected chi connectivity index (χ0v) is 13.6. The Morgan fingerprint density at radius 1 is 1.33 bits per heavy atom. The molecule has 0 saturated heterocycles. The maximum Gasteiger partial charge on any atom is 0.241 e. The number of rotatable bonds is 6. The van der Waals surface area contributed by atoms with Gasteiger partial charge in [-0.15, -0.1) is 0 Å². The van der Waals surface area contributed by atoms with Crippen LogP contribution >= 0.6 is 0 Å². The Morgan fingerprint density at radius 3 is 2.57 bits per heavy atom. The summed E-state index contributed by atoms with van der Waals surface area (Å²) in [6, 6.07) is 2.93. The lowest BCUT2D eigenvalue weighted by molar-refractivity contribution is 0.270. The first-order chi connectivity index (χ1) is 9.83. The normalized spacial score (nSPS) is 22.1. The minimum atomic E-state index is -3.66. The maximum absolute atomic E-state index is 14.0. The van der Waals surface area contributed by atoms with E-state index in [1.165, 1.54) is 13.0 Å². The topological polar surface area (TPSA) is 58.2 Å². The molecule has 0 atom stereocenters. The highest BCUT2D eigenvalue weighted by atomic mass is 32.2. The average Bonchev–Trinajstić information content (AvgIpc) is 2.37. The molecule has 2 rings (SSSR count). The van der Waals surface area contributed by atoms with Gasteiger partial charge in [-0.05, 0) is 49.9 Å². The van der Waals surface area contributed by atoms with Crippen LogP contribution in [0.15, 0.2) is 17.0 Å². The first-order valence-corrected chi connectivity index (χ1v) is 8.84. The third kappa shape index (κ3) is 3.81. The van der Waals surface area contributed by atoms with E-state index in [-0.39, 0.29) is 16.5 Å². The molecular weight excluding hydrogens is 291 g/mol. The van der Waals surface area contributed by atoms with E-state index in [1.807, 2.05) is 6.92 Å². The van der Waals surface area contributed by atoms with Crippen LogP contribution in [0.4, 0.5) is 4.39 Å². The van der Waals surface area contributed by atoms with Gasteiger partial charge in [0.15, 0.2) is 0 Å². The second-order valence-corrected chi connectivity index (χ2v) is 7.56. The molecule has 21 heavy (non-hydrogen) atoms. The van der Waals surface area contributed by atoms with Gasteiger partial charge in [-0.25, -0.2) is 17.5 Å². The summed E-state index contributed by atoms with van der Waals surface area (Å²) < 4.78 is 41.5. The monoisotopic (exact) mass is 314 g/mol. The summed E-state index contributed by atoms with van der Waals surface area (Å²) >= 11 is 0. The van der Waals surface area contributed by atoms with Gasteiger partial charge in [-0.2, -0.15) is 0 Å². The van der Waals surface area contributed by atoms with Crippen molar-refractivity contribution in [3.63, 3.8) is 0 Å². The largest absolute Gasteiger partial charge is 0.313 e. The Kier molecular flexibility index (Phi) is 5.01. The lowest BCUT2D eigenvalue weighted by Gasteiger charge is -2.33. The third-order valence-electron chi connectivity index (χ3n) is 3.92. The zero-order chi connectivity index (χ0) is 15.6. The third-order valence-corrected chi connectivity index (χ3v) is 5.57. The van der Waals surface area contributed by atoms with E-state index in [1.54, 1.807) is 6.07 Å². The van der Waals surface area contributed by atoms with Crippen molar-refractivity contribution in [3.8, 4) is 0 Å². The predicted molar refractivity (Wildman–Crippen MR) is 81.0 cm³/mol. The van der Waals surface area contributed by atoms with Crippen molar-refractivity contribution in [1.82, 2.24) is 10.0 Å². The number of benzene rings is 1. The van der Waals surface area contributed by atoms with E-state index >= 15 is 0 Å². The maximum atomic E-state index is 14.0. The van der Waals surface area contributed by atoms with E-state index in [4.69, 9.17) is 0 Å². The van der Waals surface area contributed by atoms with Gasteiger partial charge >= 0.3 is 0 Å². The van der Waals surface area contributed by atoms with Crippen LogP contribution in [-0.2, 0) is 16.6 Å². The second-order valence-electron chi connectivity index (χ2n) is 5.88. The van der Waals surface area contributed by atoms with Gasteiger partial charge in [-0.1, -0.05) is 13.8 Å². The molecule has 0 radical (unpaired) electrons. The van der Waals surface area contributed by atoms with Crippen molar-refractivity contribution in [1.29, 1.82) is 0 Å². The van der Waals surface area contributed by atoms with Crippen LogP contribution in [-0.4, -0.2) is 21.0 Å². The first kappa shape index (κ1) is 16.4. The molecule has 1 aliphatic rings. The Bertz CT molecular complexity index is 610. The first-order valence-electron chi connectivity index (χ1n) is 7.35. The van der Waals surface area contributed by atoms with Gasteiger partial charge in [0.2, 0.25) is 10.0 Å². The van der Waals surface area contributed by atoms with Crippen molar-refractivity contribution in [2.45, 2.75) is 51.1 Å². The Hall–Kier alpha value is -0.980. The fourth-order valence-electron chi connectivity index (χ4n) is 2.64. The lowest BCUT2D eigenvalue weighted by atomic mass is 9.83. The van der Waals surface area contributed by atoms with Gasteiger partial charge in [-0.3, -0.25) is 0 Å². The van der Waals surface area contributed by atoms with Crippen LogP contribution in [0.25, 0.3) is 0 Å². The number of sulfonamides is 1. The quantitative estimate of drug-likeness (QED) is 0.847. The summed E-state index contributed by atoms with van der Waals surface area (Å²) in [4.78, 5) is 0.0509. The minimum Gasteiger partial charge on any atom is -0.313 e. The smallest absolute Gasteiger partial charge is 0.241 e. The molecule has 0 aliphatic heterocycles. The molecule has 2 N–H and O–H groups in total. The summed E-state index contributed by atoms with van der Waals surface area (Å²) in [7, 11) is -3.66. The molecule has 0 aromatic heterocycles. The predicted octanol–water partition coefficient (Wildman–Crippen LogP) is 2.32. The molecular formula is C15H23FN2O2S. The van der Waals surface area contributed by atoms with Crippen LogP contribution in [0.3, 0.4) is 0 Å². The van der Waals surface area contributed by atoms with Crippen LogP contribution < -0.4 is 10.0 Å². The SMILES string of the molecule is CCNCc1cc(F)c(C)c(S(=O)(=O)NC2CC(C)C2)c1. The molecule has 0 unspecified atom stereocenters. The highest BCUT2D eigenvalue weighted by Gasteiger charge is 2.31. The summed E-state index contributed by atoms with van der Waals surface area (Å²) in [5.74, 6) is 0.0726. The number of hydrogen-bond donors (Lipinski definition) is 2. The molecule has 4 nitrogen and oxygen atoms in total. The average molecular weight is 314 g/mol. The van der Waals surface area contributed by atoms with Crippen LogP contribution in [0.5, 0.6) is 0 Å². The van der Waals surface area contributed by atoms with Crippen LogP contribution in [0.2, 0.25) is 0 Å². The molecule has 118 valence electrons. The molecule has 0 bridgehead atoms. The van der Waals surface area contributed by atoms with Crippen LogP contribution in [0, 0.1) is 18.7 Å². The lowest BCUT2D eigenvalue weighted by Crippen LogP contribution is -2.43. The molecule has 6 heteroatoms. The van der Waals surface area contributed by atoms with Gasteiger partial charge in [0, 0.05) is 18.2 Å². The number of halogens is 1. The Balaban J connectivity index is 2.26. The fourth-order valence-corrected chi connectivity index (χ4v) is 4.20. The van der Waals surface area contributed by atoms with Crippen molar-refractivity contribution >= 4 is 10.0 Å². The van der Waals surface area contributed by atoms with Gasteiger partial charge in [0.25, 0.3) is 0 Å². The number of nitrogens with one attached hydrogen (secondary N) is 2. The molecule has 1 saturated carbocycles. The summed E-state index contributed by atoms with van der Waals surface area (Å²) in [5, 5.41) is 3.08. The second kappa shape index (κ2) is 6.42. The van der Waals surface area contributed by atoms with E-state index in [0.29, 0.717) is 18.0 Å². The summed E-state index contributed by atoms with van der Waals surface area (Å²) in [5.41, 5.74) is 0.817. The molecule has 1 aromatic rings. The van der Waals surface area contributed by atoms with Gasteiger partial charge in [0.05, 0.1) is 4.90 Å². The van der Waals surface area contributed by atoms with E-state index in [9.17, 15) is 12.8 Å². The minimum absolute atomic E-state index is 0.0233. The van der Waals surface area contributed by atoms with Gasteiger partial charge in [0.1, 0.15) is 5.82 Å². The van der Waals surface area contributed by atoms with E-state index in [0.717, 1.165) is 19.4 Å². The van der Waals surface area contributed by atoms with Crippen molar-refractivity contribution in [2.75, 3.05) is 6.54 Å². The van der Waals surface area contributed by atoms with E-state index < -0.39 is 15.8 Å². The molecule has 1 aliphatic carbocycles. The van der Waals surface area contributed by atoms with Crippen molar-refractivity contribution < 1.29 is 12.8 Å². The van der Waals surface area contributed by atoms with Crippen molar-refractivity contribution in [3.05, 3.63) is 29.1 Å². The summed E-state index contributed by atoms with van der Waals surface area (Å²) in [6.45, 7) is 6.74. The molecule has 0 spiro atoms. The van der Waals surface area contributed by atoms with Gasteiger partial charge < -0.3 is 5.32 Å².